The Morgan fingerprint density at radius 2 is 1.67 bits per heavy atom. The zero-order chi connectivity index (χ0) is 10.6. The van der Waals surface area contributed by atoms with Gasteiger partial charge in [-0.25, -0.2) is 4.79 Å². The second kappa shape index (κ2) is 16.2. The van der Waals surface area contributed by atoms with Gasteiger partial charge in [-0.3, -0.25) is 0 Å². The van der Waals surface area contributed by atoms with Crippen LogP contribution in [0.4, 0.5) is 0 Å². The van der Waals surface area contributed by atoms with E-state index in [2.05, 4.69) is 24.5 Å². The Hall–Kier alpha value is -1.58. The highest BCUT2D eigenvalue weighted by Gasteiger charge is 1.81. The Balaban J connectivity index is -0.000000118. The van der Waals surface area contributed by atoms with Crippen LogP contribution in [0.3, 0.4) is 0 Å². The lowest BCUT2D eigenvalue weighted by atomic mass is 10.7. The lowest BCUT2D eigenvalue weighted by molar-refractivity contribution is -0.302. The summed E-state index contributed by atoms with van der Waals surface area (Å²) in [6.07, 6.45) is 1.11. The molecule has 0 aliphatic heterocycles. The fraction of sp³-hybridized carbons (Fsp3) is 0.250. The van der Waals surface area contributed by atoms with Crippen molar-refractivity contribution in [3.63, 3.8) is 0 Å². The molecule has 0 aliphatic rings. The van der Waals surface area contributed by atoms with E-state index in [-0.39, 0.29) is 0 Å². The molecular weight excluding hydrogens is 160 g/mol. The number of esters is 1. The quantitative estimate of drug-likeness (QED) is 0.315. The van der Waals surface area contributed by atoms with Crippen molar-refractivity contribution >= 4 is 11.9 Å². The Morgan fingerprint density at radius 3 is 1.67 bits per heavy atom. The predicted octanol–water partition coefficient (Wildman–Crippen LogP) is -0.0962. The molecule has 12 heavy (non-hydrogen) atoms. The molecule has 0 atom stereocenters. The number of hydrogen-bond acceptors (Lipinski definition) is 4. The van der Waals surface area contributed by atoms with Crippen molar-refractivity contribution < 1.29 is 19.4 Å². The van der Waals surface area contributed by atoms with E-state index in [9.17, 15) is 4.79 Å². The molecule has 0 heterocycles. The van der Waals surface area contributed by atoms with Gasteiger partial charge >= 0.3 is 5.97 Å². The normalized spacial score (nSPS) is 5.83. The molecule has 4 nitrogen and oxygen atoms in total. The summed E-state index contributed by atoms with van der Waals surface area (Å²) in [6.45, 7) is 10.1. The number of carboxylic acid groups (broad SMARTS) is 1. The van der Waals surface area contributed by atoms with E-state index in [1.807, 2.05) is 0 Å². The lowest BCUT2D eigenvalue weighted by Gasteiger charge is -1.83. The maximum atomic E-state index is 9.84. The van der Waals surface area contributed by atoms with E-state index in [1.54, 1.807) is 0 Å². The summed E-state index contributed by atoms with van der Waals surface area (Å²) >= 11 is 0. The molecular formula is C8H13O4-. The third-order valence-corrected chi connectivity index (χ3v) is 0.368. The van der Waals surface area contributed by atoms with Gasteiger partial charge in [-0.05, 0) is 6.92 Å². The molecule has 0 rings (SSSR count). The van der Waals surface area contributed by atoms with Crippen LogP contribution < -0.4 is 5.11 Å². The first-order chi connectivity index (χ1) is 5.54. The first-order valence-corrected chi connectivity index (χ1v) is 2.92. The second-order valence-corrected chi connectivity index (χ2v) is 1.22. The molecule has 0 saturated heterocycles. The van der Waals surface area contributed by atoms with Gasteiger partial charge in [0, 0.05) is 12.0 Å². The summed E-state index contributed by atoms with van der Waals surface area (Å²) in [6, 6.07) is 0. The Kier molecular flexibility index (Phi) is 22.7. The van der Waals surface area contributed by atoms with Gasteiger partial charge in [-0.2, -0.15) is 0 Å². The first-order valence-electron chi connectivity index (χ1n) is 2.92. The molecule has 0 N–H and O–H groups in total. The van der Waals surface area contributed by atoms with Crippen LogP contribution in [-0.2, 0) is 14.3 Å². The Bertz CT molecular complexity index is 136. The van der Waals surface area contributed by atoms with Gasteiger partial charge in [0.2, 0.25) is 0 Å². The summed E-state index contributed by atoms with van der Waals surface area (Å²) in [5.74, 6) is -1.48. The van der Waals surface area contributed by atoms with Gasteiger partial charge in [-0.15, -0.1) is 13.2 Å². The zero-order valence-electron chi connectivity index (χ0n) is 7.33. The number of ether oxygens (including phenoxy) is 1. The third-order valence-electron chi connectivity index (χ3n) is 0.368. The highest BCUT2D eigenvalue weighted by atomic mass is 16.5. The third kappa shape index (κ3) is 79.2. The van der Waals surface area contributed by atoms with Crippen molar-refractivity contribution in [1.29, 1.82) is 0 Å². The Labute approximate surface area is 72.2 Å². The molecule has 0 amide bonds. The summed E-state index contributed by atoms with van der Waals surface area (Å²) in [5, 5.41) is 8.89. The zero-order valence-corrected chi connectivity index (χ0v) is 7.33. The van der Waals surface area contributed by atoms with Crippen molar-refractivity contribution in [2.24, 2.45) is 0 Å². The molecule has 0 radical (unpaired) electrons. The minimum Gasteiger partial charge on any atom is -0.550 e. The largest absolute Gasteiger partial charge is 0.550 e. The first kappa shape index (κ1) is 16.8. The van der Waals surface area contributed by atoms with E-state index >= 15 is 0 Å². The van der Waals surface area contributed by atoms with Gasteiger partial charge in [0.25, 0.3) is 0 Å². The SMILES string of the molecule is C=C.C=CC(=O)OC.CC(=O)[O-]. The molecule has 4 heteroatoms. The minimum atomic E-state index is -1.08. The standard InChI is InChI=1S/C4H6O2.C2H4O2.C2H4/c1-3-4(5)6-2;1-2(3)4;1-2/h3H,1H2,2H3;1H3,(H,3,4);1-2H2/p-1. The molecule has 0 aromatic carbocycles. The molecule has 0 bridgehead atoms. The number of carbonyl (C=O) groups is 2. The van der Waals surface area contributed by atoms with Gasteiger partial charge < -0.3 is 14.6 Å². The smallest absolute Gasteiger partial charge is 0.329 e. The number of methoxy groups -OCH3 is 1. The molecule has 0 aromatic rings. The van der Waals surface area contributed by atoms with Crippen LogP contribution >= 0.6 is 0 Å². The van der Waals surface area contributed by atoms with Crippen molar-refractivity contribution in [2.45, 2.75) is 6.92 Å². The number of hydrogen-bond donors (Lipinski definition) is 0. The summed E-state index contributed by atoms with van der Waals surface area (Å²) < 4.78 is 4.14. The van der Waals surface area contributed by atoms with Gasteiger partial charge in [0.05, 0.1) is 7.11 Å². The molecule has 0 spiro atoms. The highest BCUT2D eigenvalue weighted by Crippen LogP contribution is 1.67. The number of aliphatic carboxylic acids is 1. The molecule has 0 aliphatic carbocycles. The van der Waals surface area contributed by atoms with E-state index in [0.717, 1.165) is 13.0 Å². The Morgan fingerprint density at radius 1 is 1.42 bits per heavy atom. The number of carbonyl (C=O) groups excluding carboxylic acids is 2. The summed E-state index contributed by atoms with van der Waals surface area (Å²) in [7, 11) is 1.31. The van der Waals surface area contributed by atoms with E-state index in [1.165, 1.54) is 7.11 Å². The van der Waals surface area contributed by atoms with Crippen LogP contribution in [0, 0.1) is 0 Å². The van der Waals surface area contributed by atoms with Crippen LogP contribution in [-0.4, -0.2) is 19.0 Å². The van der Waals surface area contributed by atoms with Crippen LogP contribution in [0.1, 0.15) is 6.92 Å². The van der Waals surface area contributed by atoms with Crippen molar-refractivity contribution in [2.75, 3.05) is 7.11 Å². The average Bonchev–Trinajstić information content (AvgIpc) is 2.06. The van der Waals surface area contributed by atoms with E-state index in [4.69, 9.17) is 9.90 Å². The second-order valence-electron chi connectivity index (χ2n) is 1.22. The van der Waals surface area contributed by atoms with Crippen LogP contribution in [0.5, 0.6) is 0 Å². The minimum absolute atomic E-state index is 0.394. The van der Waals surface area contributed by atoms with Gasteiger partial charge in [0.15, 0.2) is 0 Å². The van der Waals surface area contributed by atoms with E-state index < -0.39 is 11.9 Å². The molecule has 70 valence electrons. The fourth-order valence-electron chi connectivity index (χ4n) is 0.0833. The van der Waals surface area contributed by atoms with Crippen LogP contribution in [0.25, 0.3) is 0 Å². The van der Waals surface area contributed by atoms with Crippen LogP contribution in [0.2, 0.25) is 0 Å². The number of carboxylic acids is 1. The highest BCUT2D eigenvalue weighted by molar-refractivity contribution is 5.80. The molecule has 0 aromatic heterocycles. The number of rotatable bonds is 1. The van der Waals surface area contributed by atoms with Crippen molar-refractivity contribution in [3.8, 4) is 0 Å². The van der Waals surface area contributed by atoms with Crippen molar-refractivity contribution in [3.05, 3.63) is 25.8 Å². The van der Waals surface area contributed by atoms with E-state index in [0.29, 0.717) is 0 Å². The maximum Gasteiger partial charge on any atom is 0.329 e. The van der Waals surface area contributed by atoms with Gasteiger partial charge in [0.1, 0.15) is 0 Å². The topological polar surface area (TPSA) is 66.4 Å². The average molecular weight is 173 g/mol. The molecule has 0 fully saturated rings. The monoisotopic (exact) mass is 173 g/mol. The molecule has 0 saturated carbocycles. The van der Waals surface area contributed by atoms with Crippen LogP contribution in [0.15, 0.2) is 25.8 Å². The summed E-state index contributed by atoms with van der Waals surface area (Å²) in [4.78, 5) is 18.7. The van der Waals surface area contributed by atoms with Crippen molar-refractivity contribution in [1.82, 2.24) is 0 Å². The maximum absolute atomic E-state index is 9.84. The predicted molar refractivity (Wildman–Crippen MR) is 44.1 cm³/mol. The fourth-order valence-corrected chi connectivity index (χ4v) is 0.0833. The lowest BCUT2D eigenvalue weighted by Crippen LogP contribution is -2.16. The van der Waals surface area contributed by atoms with Gasteiger partial charge in [-0.1, -0.05) is 6.58 Å². The molecule has 0 unspecified atom stereocenters. The summed E-state index contributed by atoms with van der Waals surface area (Å²) in [5.41, 5.74) is 0.